The Morgan fingerprint density at radius 2 is 1.83 bits per heavy atom. The molecule has 1 aromatic carbocycles. The van der Waals surface area contributed by atoms with Crippen LogP contribution in [0.1, 0.15) is 46.2 Å². The number of benzene rings is 1. The molecule has 0 saturated carbocycles. The summed E-state index contributed by atoms with van der Waals surface area (Å²) in [5, 5.41) is 0. The number of aromatic nitrogens is 1. The van der Waals surface area contributed by atoms with Crippen LogP contribution in [-0.4, -0.2) is 65.2 Å². The first kappa shape index (κ1) is 20.8. The molecule has 1 aliphatic rings. The van der Waals surface area contributed by atoms with Gasteiger partial charge in [0.05, 0.1) is 19.7 Å². The van der Waals surface area contributed by atoms with Gasteiger partial charge >= 0.3 is 5.97 Å². The van der Waals surface area contributed by atoms with Crippen molar-refractivity contribution in [1.29, 1.82) is 0 Å². The van der Waals surface area contributed by atoms with Crippen LogP contribution in [0.3, 0.4) is 0 Å². The summed E-state index contributed by atoms with van der Waals surface area (Å²) in [5.41, 5.74) is 1.87. The lowest BCUT2D eigenvalue weighted by Crippen LogP contribution is -2.35. The molecule has 2 aromatic rings. The van der Waals surface area contributed by atoms with Gasteiger partial charge in [0, 0.05) is 31.4 Å². The monoisotopic (exact) mass is 397 g/mol. The summed E-state index contributed by atoms with van der Waals surface area (Å²) in [6.45, 7) is 4.10. The lowest BCUT2D eigenvalue weighted by Gasteiger charge is -2.20. The molecule has 2 heterocycles. The number of aromatic amines is 1. The largest absolute Gasteiger partial charge is 0.465 e. The summed E-state index contributed by atoms with van der Waals surface area (Å²) in [6, 6.07) is 11.3. The van der Waals surface area contributed by atoms with Gasteiger partial charge in [0.25, 0.3) is 5.91 Å². The molecule has 1 amide bonds. The van der Waals surface area contributed by atoms with E-state index in [1.54, 1.807) is 29.0 Å². The number of Topliss-reactive ketones (excluding diaryl/α,β-unsaturated/α-hetero) is 1. The smallest absolute Gasteiger partial charge is 0.320 e. The van der Waals surface area contributed by atoms with E-state index in [1.165, 1.54) is 0 Å². The molecule has 29 heavy (non-hydrogen) atoms. The van der Waals surface area contributed by atoms with Crippen LogP contribution in [-0.2, 0) is 16.1 Å². The van der Waals surface area contributed by atoms with E-state index in [9.17, 15) is 14.4 Å². The van der Waals surface area contributed by atoms with Gasteiger partial charge in [0.1, 0.15) is 5.69 Å². The predicted molar refractivity (Wildman–Crippen MR) is 109 cm³/mol. The number of H-pyrrole nitrogens is 1. The third-order valence-corrected chi connectivity index (χ3v) is 4.90. The fraction of sp³-hybridized carbons (Fsp3) is 0.409. The van der Waals surface area contributed by atoms with Gasteiger partial charge in [-0.15, -0.1) is 0 Å². The molecule has 7 heteroatoms. The van der Waals surface area contributed by atoms with E-state index in [1.807, 2.05) is 30.3 Å². The minimum Gasteiger partial charge on any atom is -0.465 e. The van der Waals surface area contributed by atoms with Crippen LogP contribution in [0, 0.1) is 0 Å². The van der Waals surface area contributed by atoms with Crippen molar-refractivity contribution in [2.45, 2.75) is 26.3 Å². The number of hydrogen-bond donors (Lipinski definition) is 1. The molecule has 1 saturated heterocycles. The van der Waals surface area contributed by atoms with Crippen LogP contribution < -0.4 is 0 Å². The summed E-state index contributed by atoms with van der Waals surface area (Å²) < 4.78 is 5.04. The van der Waals surface area contributed by atoms with E-state index in [-0.39, 0.29) is 30.7 Å². The summed E-state index contributed by atoms with van der Waals surface area (Å²) in [7, 11) is 0. The SMILES string of the molecule is CCOC(=O)CN(CC(=O)c1c[nH]c(C(=O)N2CCCC2)c1)Cc1ccccc1. The van der Waals surface area contributed by atoms with E-state index in [2.05, 4.69) is 4.98 Å². The van der Waals surface area contributed by atoms with Gasteiger partial charge in [-0.25, -0.2) is 0 Å². The van der Waals surface area contributed by atoms with Crippen molar-refractivity contribution in [1.82, 2.24) is 14.8 Å². The maximum Gasteiger partial charge on any atom is 0.320 e. The zero-order chi connectivity index (χ0) is 20.6. The fourth-order valence-corrected chi connectivity index (χ4v) is 3.46. The Bertz CT molecular complexity index is 841. The minimum absolute atomic E-state index is 0.0263. The Kier molecular flexibility index (Phi) is 7.19. The Balaban J connectivity index is 1.66. The highest BCUT2D eigenvalue weighted by Crippen LogP contribution is 2.14. The molecule has 0 spiro atoms. The van der Waals surface area contributed by atoms with Crippen LogP contribution in [0.15, 0.2) is 42.6 Å². The van der Waals surface area contributed by atoms with Gasteiger partial charge in [-0.05, 0) is 31.4 Å². The molecule has 7 nitrogen and oxygen atoms in total. The molecule has 3 rings (SSSR count). The van der Waals surface area contributed by atoms with Gasteiger partial charge in [-0.2, -0.15) is 0 Å². The first-order valence-corrected chi connectivity index (χ1v) is 9.99. The van der Waals surface area contributed by atoms with Gasteiger partial charge in [-0.3, -0.25) is 19.3 Å². The Labute approximate surface area is 170 Å². The molecule has 0 radical (unpaired) electrons. The fourth-order valence-electron chi connectivity index (χ4n) is 3.46. The number of ketones is 1. The average Bonchev–Trinajstić information content (AvgIpc) is 3.41. The van der Waals surface area contributed by atoms with E-state index in [4.69, 9.17) is 4.74 Å². The first-order valence-electron chi connectivity index (χ1n) is 9.99. The Morgan fingerprint density at radius 3 is 2.52 bits per heavy atom. The molecule has 0 bridgehead atoms. The summed E-state index contributed by atoms with van der Waals surface area (Å²) in [5.74, 6) is -0.591. The highest BCUT2D eigenvalue weighted by molar-refractivity contribution is 6.01. The number of nitrogens with zero attached hydrogens (tertiary/aromatic N) is 2. The molecule has 0 aliphatic carbocycles. The number of ether oxygens (including phenoxy) is 1. The molecule has 154 valence electrons. The number of carbonyl (C=O) groups excluding carboxylic acids is 3. The van der Waals surface area contributed by atoms with Crippen molar-refractivity contribution in [3.8, 4) is 0 Å². The second-order valence-electron chi connectivity index (χ2n) is 7.16. The highest BCUT2D eigenvalue weighted by Gasteiger charge is 2.23. The second-order valence-corrected chi connectivity index (χ2v) is 7.16. The van der Waals surface area contributed by atoms with Crippen LogP contribution >= 0.6 is 0 Å². The van der Waals surface area contributed by atoms with Crippen LogP contribution in [0.5, 0.6) is 0 Å². The second kappa shape index (κ2) is 10.0. The normalized spacial score (nSPS) is 13.7. The van der Waals surface area contributed by atoms with Crippen molar-refractivity contribution in [3.05, 3.63) is 59.4 Å². The van der Waals surface area contributed by atoms with Gasteiger partial charge in [-0.1, -0.05) is 30.3 Å². The highest BCUT2D eigenvalue weighted by atomic mass is 16.5. The number of likely N-dealkylation sites (tertiary alicyclic amines) is 1. The molecule has 0 atom stereocenters. The number of amides is 1. The number of esters is 1. The van der Waals surface area contributed by atoms with Crippen molar-refractivity contribution in [2.24, 2.45) is 0 Å². The first-order chi connectivity index (χ1) is 14.1. The molecular weight excluding hydrogens is 370 g/mol. The van der Waals surface area contributed by atoms with Gasteiger partial charge in [0.2, 0.25) is 0 Å². The quantitative estimate of drug-likeness (QED) is 0.519. The zero-order valence-corrected chi connectivity index (χ0v) is 16.7. The molecule has 1 N–H and O–H groups in total. The van der Waals surface area contributed by atoms with E-state index >= 15 is 0 Å². The molecular formula is C22H27N3O4. The van der Waals surface area contributed by atoms with Crippen molar-refractivity contribution in [2.75, 3.05) is 32.8 Å². The number of nitrogens with one attached hydrogen (secondary N) is 1. The third kappa shape index (κ3) is 5.77. The lowest BCUT2D eigenvalue weighted by molar-refractivity contribution is -0.144. The number of carbonyl (C=O) groups is 3. The zero-order valence-electron chi connectivity index (χ0n) is 16.7. The van der Waals surface area contributed by atoms with Crippen molar-refractivity contribution < 1.29 is 19.1 Å². The number of hydrogen-bond acceptors (Lipinski definition) is 5. The van der Waals surface area contributed by atoms with Crippen LogP contribution in [0.25, 0.3) is 0 Å². The standard InChI is InChI=1S/C22H27N3O4/c1-2-29-21(27)16-24(14-17-8-4-3-5-9-17)15-20(26)18-12-19(23-13-18)22(28)25-10-6-7-11-25/h3-5,8-9,12-13,23H,2,6-7,10-11,14-16H2,1H3. The van der Waals surface area contributed by atoms with E-state index < -0.39 is 0 Å². The van der Waals surface area contributed by atoms with Gasteiger partial charge in [0.15, 0.2) is 5.78 Å². The predicted octanol–water partition coefficient (Wildman–Crippen LogP) is 2.50. The average molecular weight is 397 g/mol. The molecule has 1 aliphatic heterocycles. The van der Waals surface area contributed by atoms with E-state index in [0.29, 0.717) is 24.4 Å². The molecule has 1 fully saturated rings. The maximum atomic E-state index is 12.8. The third-order valence-electron chi connectivity index (χ3n) is 4.90. The Hall–Kier alpha value is -2.93. The molecule has 1 aromatic heterocycles. The topological polar surface area (TPSA) is 82.7 Å². The summed E-state index contributed by atoms with van der Waals surface area (Å²) >= 11 is 0. The number of rotatable bonds is 9. The van der Waals surface area contributed by atoms with Crippen LogP contribution in [0.4, 0.5) is 0 Å². The summed E-state index contributed by atoms with van der Waals surface area (Å²) in [4.78, 5) is 43.7. The van der Waals surface area contributed by atoms with Gasteiger partial charge < -0.3 is 14.6 Å². The van der Waals surface area contributed by atoms with Crippen molar-refractivity contribution >= 4 is 17.7 Å². The minimum atomic E-state index is -0.366. The lowest BCUT2D eigenvalue weighted by atomic mass is 10.1. The summed E-state index contributed by atoms with van der Waals surface area (Å²) in [6.07, 6.45) is 3.60. The maximum absolute atomic E-state index is 12.8. The van der Waals surface area contributed by atoms with Crippen molar-refractivity contribution in [3.63, 3.8) is 0 Å². The van der Waals surface area contributed by atoms with Crippen LogP contribution in [0.2, 0.25) is 0 Å². The molecule has 0 unspecified atom stereocenters. The van der Waals surface area contributed by atoms with E-state index in [0.717, 1.165) is 31.5 Å². The Morgan fingerprint density at radius 1 is 1.10 bits per heavy atom.